The highest BCUT2D eigenvalue weighted by atomic mass is 32.2. The van der Waals surface area contributed by atoms with Gasteiger partial charge in [-0.05, 0) is 24.3 Å². The lowest BCUT2D eigenvalue weighted by molar-refractivity contribution is -0.136. The van der Waals surface area contributed by atoms with Gasteiger partial charge in [0.25, 0.3) is 0 Å². The number of thiazole rings is 1. The Kier molecular flexibility index (Phi) is 8.60. The number of hydrogen-bond donors (Lipinski definition) is 3. The van der Waals surface area contributed by atoms with E-state index in [1.807, 2.05) is 13.8 Å². The molecule has 0 fully saturated rings. The number of ether oxygens (including phenoxy) is 1. The average molecular weight is 456 g/mol. The first-order valence-electron chi connectivity index (χ1n) is 8.95. The highest BCUT2D eigenvalue weighted by molar-refractivity contribution is 8.00. The van der Waals surface area contributed by atoms with Gasteiger partial charge in [-0.2, -0.15) is 0 Å². The number of rotatable bonds is 10. The lowest BCUT2D eigenvalue weighted by atomic mass is 10.2. The second-order valence-electron chi connectivity index (χ2n) is 6.65. The fourth-order valence-electron chi connectivity index (χ4n) is 2.28. The molecule has 0 aliphatic rings. The summed E-state index contributed by atoms with van der Waals surface area (Å²) < 4.78 is 19.7. The summed E-state index contributed by atoms with van der Waals surface area (Å²) in [6.07, 6.45) is 1.02. The highest BCUT2D eigenvalue weighted by Gasteiger charge is 2.18. The molecular weight excluding hydrogens is 433 g/mol. The van der Waals surface area contributed by atoms with Gasteiger partial charge in [0.05, 0.1) is 28.6 Å². The standard InChI is InChI=1S/C19H22FN3O5S2/c1-10(2)9-28-14-6-11(20)4-5-12(14)21-15(24)8-16(25)23-19-22-13(7-17(26)27)18(29-3)30-19/h4-6,10H,7-9H2,1-3H3,(H,21,24)(H,26,27)(H,22,23,25). The third kappa shape index (κ3) is 7.30. The zero-order chi connectivity index (χ0) is 22.3. The molecule has 30 heavy (non-hydrogen) atoms. The molecule has 1 heterocycles. The first-order valence-corrected chi connectivity index (χ1v) is 11.0. The number of aliphatic carboxylic acids is 1. The van der Waals surface area contributed by atoms with Crippen LogP contribution in [0, 0.1) is 11.7 Å². The van der Waals surface area contributed by atoms with Crippen molar-refractivity contribution in [2.45, 2.75) is 30.9 Å². The molecule has 0 radical (unpaired) electrons. The van der Waals surface area contributed by atoms with Crippen LogP contribution in [0.15, 0.2) is 22.4 Å². The van der Waals surface area contributed by atoms with Crippen LogP contribution in [0.25, 0.3) is 0 Å². The van der Waals surface area contributed by atoms with Crippen LogP contribution in [0.5, 0.6) is 5.75 Å². The molecule has 2 amide bonds. The van der Waals surface area contributed by atoms with Crippen molar-refractivity contribution in [1.29, 1.82) is 0 Å². The number of nitrogens with one attached hydrogen (secondary N) is 2. The van der Waals surface area contributed by atoms with E-state index in [0.29, 0.717) is 16.5 Å². The van der Waals surface area contributed by atoms with Crippen LogP contribution in [-0.2, 0) is 20.8 Å². The second kappa shape index (κ2) is 10.9. The average Bonchev–Trinajstić information content (AvgIpc) is 3.01. The zero-order valence-electron chi connectivity index (χ0n) is 16.7. The number of aromatic nitrogens is 1. The summed E-state index contributed by atoms with van der Waals surface area (Å²) in [7, 11) is 0. The normalized spacial score (nSPS) is 10.7. The Balaban J connectivity index is 1.99. The van der Waals surface area contributed by atoms with Crippen molar-refractivity contribution < 1.29 is 28.6 Å². The smallest absolute Gasteiger partial charge is 0.309 e. The van der Waals surface area contributed by atoms with Crippen LogP contribution < -0.4 is 15.4 Å². The number of carbonyl (C=O) groups is 3. The molecule has 1 aromatic carbocycles. The van der Waals surface area contributed by atoms with Crippen molar-refractivity contribution in [2.24, 2.45) is 5.92 Å². The van der Waals surface area contributed by atoms with Crippen molar-refractivity contribution >= 4 is 51.7 Å². The van der Waals surface area contributed by atoms with Gasteiger partial charge in [-0.3, -0.25) is 14.4 Å². The molecule has 0 spiro atoms. The third-order valence-corrected chi connectivity index (χ3v) is 5.69. The third-order valence-electron chi connectivity index (χ3n) is 3.52. The van der Waals surface area contributed by atoms with E-state index in [9.17, 15) is 18.8 Å². The maximum absolute atomic E-state index is 13.5. The van der Waals surface area contributed by atoms with Crippen molar-refractivity contribution in [3.05, 3.63) is 29.7 Å². The Morgan fingerprint density at radius 2 is 1.97 bits per heavy atom. The molecule has 162 valence electrons. The second-order valence-corrected chi connectivity index (χ2v) is 8.72. The summed E-state index contributed by atoms with van der Waals surface area (Å²) in [6.45, 7) is 4.21. The number of carboxylic acid groups (broad SMARTS) is 1. The number of hydrogen-bond acceptors (Lipinski definition) is 7. The summed E-state index contributed by atoms with van der Waals surface area (Å²) >= 11 is 2.47. The van der Waals surface area contributed by atoms with Crippen LogP contribution in [0.3, 0.4) is 0 Å². The van der Waals surface area contributed by atoms with E-state index in [-0.39, 0.29) is 28.9 Å². The number of carbonyl (C=O) groups excluding carboxylic acids is 2. The maximum Gasteiger partial charge on any atom is 0.309 e. The number of anilines is 2. The Morgan fingerprint density at radius 1 is 1.27 bits per heavy atom. The van der Waals surface area contributed by atoms with E-state index in [1.54, 1.807) is 6.26 Å². The lowest BCUT2D eigenvalue weighted by Crippen LogP contribution is -2.22. The van der Waals surface area contributed by atoms with Gasteiger partial charge in [0.1, 0.15) is 18.0 Å². The molecule has 0 saturated carbocycles. The largest absolute Gasteiger partial charge is 0.491 e. The Morgan fingerprint density at radius 3 is 2.60 bits per heavy atom. The van der Waals surface area contributed by atoms with Gasteiger partial charge in [0, 0.05) is 6.07 Å². The summed E-state index contributed by atoms with van der Waals surface area (Å²) in [5.74, 6) is -2.36. The topological polar surface area (TPSA) is 118 Å². The minimum atomic E-state index is -1.03. The minimum absolute atomic E-state index is 0.181. The molecule has 1 aromatic heterocycles. The SMILES string of the molecule is CSc1sc(NC(=O)CC(=O)Nc2ccc(F)cc2OCC(C)C)nc1CC(=O)O. The molecule has 0 saturated heterocycles. The number of halogens is 1. The molecule has 0 atom stereocenters. The lowest BCUT2D eigenvalue weighted by Gasteiger charge is -2.14. The molecule has 0 aliphatic carbocycles. The predicted octanol–water partition coefficient (Wildman–Crippen LogP) is 3.63. The predicted molar refractivity (Wildman–Crippen MR) is 114 cm³/mol. The van der Waals surface area contributed by atoms with Gasteiger partial charge >= 0.3 is 5.97 Å². The number of nitrogens with zero attached hydrogens (tertiary/aromatic N) is 1. The van der Waals surface area contributed by atoms with Gasteiger partial charge in [0.15, 0.2) is 5.13 Å². The molecule has 2 aromatic rings. The van der Waals surface area contributed by atoms with Gasteiger partial charge in [-0.25, -0.2) is 9.37 Å². The number of benzene rings is 1. The van der Waals surface area contributed by atoms with E-state index in [0.717, 1.165) is 11.3 Å². The maximum atomic E-state index is 13.5. The van der Waals surface area contributed by atoms with E-state index < -0.39 is 30.0 Å². The van der Waals surface area contributed by atoms with Crippen molar-refractivity contribution in [3.8, 4) is 5.75 Å². The summed E-state index contributed by atoms with van der Waals surface area (Å²) in [5.41, 5.74) is 0.621. The van der Waals surface area contributed by atoms with E-state index >= 15 is 0 Å². The van der Waals surface area contributed by atoms with E-state index in [1.165, 1.54) is 30.0 Å². The van der Waals surface area contributed by atoms with Crippen molar-refractivity contribution in [2.75, 3.05) is 23.5 Å². The fraction of sp³-hybridized carbons (Fsp3) is 0.368. The first kappa shape index (κ1) is 23.6. The monoisotopic (exact) mass is 455 g/mol. The summed E-state index contributed by atoms with van der Waals surface area (Å²) in [6, 6.07) is 3.72. The Bertz CT molecular complexity index is 933. The zero-order valence-corrected chi connectivity index (χ0v) is 18.3. The van der Waals surface area contributed by atoms with Crippen LogP contribution >= 0.6 is 23.1 Å². The van der Waals surface area contributed by atoms with E-state index in [4.69, 9.17) is 9.84 Å². The molecule has 3 N–H and O–H groups in total. The molecule has 8 nitrogen and oxygen atoms in total. The summed E-state index contributed by atoms with van der Waals surface area (Å²) in [5, 5.41) is 14.2. The van der Waals surface area contributed by atoms with Gasteiger partial charge < -0.3 is 20.5 Å². The highest BCUT2D eigenvalue weighted by Crippen LogP contribution is 2.31. The van der Waals surface area contributed by atoms with Crippen LogP contribution in [-0.4, -0.2) is 40.7 Å². The van der Waals surface area contributed by atoms with Gasteiger partial charge in [-0.15, -0.1) is 11.8 Å². The van der Waals surface area contributed by atoms with E-state index in [2.05, 4.69) is 15.6 Å². The fourth-order valence-corrected chi connectivity index (χ4v) is 3.94. The van der Waals surface area contributed by atoms with Crippen molar-refractivity contribution in [3.63, 3.8) is 0 Å². The quantitative estimate of drug-likeness (QED) is 0.370. The number of amides is 2. The Hall–Kier alpha value is -2.66. The van der Waals surface area contributed by atoms with Gasteiger partial charge in [-0.1, -0.05) is 25.2 Å². The molecule has 11 heteroatoms. The first-order chi connectivity index (χ1) is 14.2. The molecule has 0 aliphatic heterocycles. The molecule has 2 rings (SSSR count). The number of thioether (sulfide) groups is 1. The Labute approximate surface area is 181 Å². The number of carboxylic acids is 1. The van der Waals surface area contributed by atoms with Crippen LogP contribution in [0.4, 0.5) is 15.2 Å². The van der Waals surface area contributed by atoms with Crippen LogP contribution in [0.1, 0.15) is 26.0 Å². The van der Waals surface area contributed by atoms with Gasteiger partial charge in [0.2, 0.25) is 11.8 Å². The van der Waals surface area contributed by atoms with Crippen LogP contribution in [0.2, 0.25) is 0 Å². The summed E-state index contributed by atoms with van der Waals surface area (Å²) in [4.78, 5) is 39.4. The molecular formula is C19H22FN3O5S2. The minimum Gasteiger partial charge on any atom is -0.491 e. The molecule has 0 bridgehead atoms. The molecule has 0 unspecified atom stereocenters. The van der Waals surface area contributed by atoms with Crippen molar-refractivity contribution in [1.82, 2.24) is 4.98 Å².